The summed E-state index contributed by atoms with van der Waals surface area (Å²) < 4.78 is 0. The quantitative estimate of drug-likeness (QED) is 0.568. The molecule has 0 aromatic heterocycles. The van der Waals surface area contributed by atoms with Crippen LogP contribution in [0.1, 0.15) is 24.9 Å². The molecule has 1 aromatic rings. The topological polar surface area (TPSA) is 41.1 Å². The van der Waals surface area contributed by atoms with E-state index in [-0.39, 0.29) is 11.9 Å². The molecule has 15 heavy (non-hydrogen) atoms. The van der Waals surface area contributed by atoms with Crippen LogP contribution in [0.4, 0.5) is 0 Å². The molecule has 0 spiro atoms. The van der Waals surface area contributed by atoms with Gasteiger partial charge in [0.1, 0.15) is 0 Å². The second kappa shape index (κ2) is 5.98. The zero-order chi connectivity index (χ0) is 11.1. The van der Waals surface area contributed by atoms with Gasteiger partial charge in [0.25, 0.3) is 0 Å². The van der Waals surface area contributed by atoms with E-state index in [0.29, 0.717) is 0 Å². The highest BCUT2D eigenvalue weighted by atomic mass is 16.2. The van der Waals surface area contributed by atoms with Crippen molar-refractivity contribution in [1.29, 1.82) is 0 Å². The van der Waals surface area contributed by atoms with Gasteiger partial charge in [0.05, 0.1) is 6.04 Å². The Bertz CT molecular complexity index is 322. The number of hydrazine groups is 1. The molecule has 1 atom stereocenters. The van der Waals surface area contributed by atoms with E-state index < -0.39 is 0 Å². The maximum Gasteiger partial charge on any atom is 0.230 e. The van der Waals surface area contributed by atoms with E-state index in [0.717, 1.165) is 12.0 Å². The molecule has 1 aromatic carbocycles. The van der Waals surface area contributed by atoms with Crippen LogP contribution in [0, 0.1) is 0 Å². The third-order valence-corrected chi connectivity index (χ3v) is 2.03. The van der Waals surface area contributed by atoms with Crippen LogP contribution in [-0.2, 0) is 4.79 Å². The predicted molar refractivity (Wildman–Crippen MR) is 60.9 cm³/mol. The van der Waals surface area contributed by atoms with Crippen molar-refractivity contribution in [3.8, 4) is 0 Å². The summed E-state index contributed by atoms with van der Waals surface area (Å²) in [6, 6.07) is 10.0. The van der Waals surface area contributed by atoms with E-state index >= 15 is 0 Å². The van der Waals surface area contributed by atoms with Crippen LogP contribution in [0.25, 0.3) is 0 Å². The fraction of sp³-hybridized carbons (Fsp3) is 0.250. The van der Waals surface area contributed by atoms with Gasteiger partial charge in [-0.1, -0.05) is 36.4 Å². The van der Waals surface area contributed by atoms with Crippen LogP contribution in [0.5, 0.6) is 0 Å². The molecule has 3 heteroatoms. The van der Waals surface area contributed by atoms with Crippen molar-refractivity contribution in [1.82, 2.24) is 10.9 Å². The molecule has 2 N–H and O–H groups in total. The molecule has 1 unspecified atom stereocenters. The molecule has 80 valence electrons. The number of rotatable bonds is 5. The number of hydrogen-bond donors (Lipinski definition) is 2. The molecule has 3 nitrogen and oxygen atoms in total. The van der Waals surface area contributed by atoms with Crippen molar-refractivity contribution >= 4 is 5.91 Å². The Hall–Kier alpha value is -1.61. The summed E-state index contributed by atoms with van der Waals surface area (Å²) in [5.41, 5.74) is 6.69. The van der Waals surface area contributed by atoms with Crippen molar-refractivity contribution in [3.63, 3.8) is 0 Å². The van der Waals surface area contributed by atoms with Crippen molar-refractivity contribution in [3.05, 3.63) is 48.6 Å². The van der Waals surface area contributed by atoms with Gasteiger partial charge in [0.2, 0.25) is 5.91 Å². The first-order valence-corrected chi connectivity index (χ1v) is 4.92. The van der Waals surface area contributed by atoms with Gasteiger partial charge < -0.3 is 0 Å². The first-order chi connectivity index (χ1) is 7.24. The molecule has 0 aliphatic rings. The lowest BCUT2D eigenvalue weighted by molar-refractivity contribution is -0.120. The number of hydrogen-bond acceptors (Lipinski definition) is 2. The van der Waals surface area contributed by atoms with E-state index in [9.17, 15) is 4.79 Å². The summed E-state index contributed by atoms with van der Waals surface area (Å²) in [5, 5.41) is 0. The van der Waals surface area contributed by atoms with Crippen LogP contribution in [0.15, 0.2) is 43.0 Å². The predicted octanol–water partition coefficient (Wildman–Crippen LogP) is 1.94. The van der Waals surface area contributed by atoms with Crippen molar-refractivity contribution in [2.45, 2.75) is 19.4 Å². The van der Waals surface area contributed by atoms with Crippen molar-refractivity contribution in [2.24, 2.45) is 0 Å². The summed E-state index contributed by atoms with van der Waals surface area (Å²) in [4.78, 5) is 10.8. The summed E-state index contributed by atoms with van der Waals surface area (Å²) in [6.07, 6.45) is 2.59. The van der Waals surface area contributed by atoms with Crippen LogP contribution in [0.2, 0.25) is 0 Å². The van der Waals surface area contributed by atoms with E-state index in [4.69, 9.17) is 0 Å². The number of nitrogens with one attached hydrogen (secondary N) is 2. The molecule has 1 rings (SSSR count). The summed E-state index contributed by atoms with van der Waals surface area (Å²) in [7, 11) is 0. The molecule has 0 aliphatic heterocycles. The molecule has 0 aliphatic carbocycles. The highest BCUT2D eigenvalue weighted by molar-refractivity contribution is 5.72. The Balaban J connectivity index is 2.65. The maximum atomic E-state index is 10.8. The largest absolute Gasteiger partial charge is 0.291 e. The molecular weight excluding hydrogens is 188 g/mol. The average molecular weight is 204 g/mol. The minimum atomic E-state index is -0.0972. The van der Waals surface area contributed by atoms with Gasteiger partial charge in [-0.2, -0.15) is 0 Å². The van der Waals surface area contributed by atoms with Crippen molar-refractivity contribution in [2.75, 3.05) is 0 Å². The van der Waals surface area contributed by atoms with Gasteiger partial charge in [-0.3, -0.25) is 10.2 Å². The average Bonchev–Trinajstić information content (AvgIpc) is 2.25. The van der Waals surface area contributed by atoms with Gasteiger partial charge in [0.15, 0.2) is 0 Å². The molecule has 1 amide bonds. The van der Waals surface area contributed by atoms with Crippen LogP contribution < -0.4 is 10.9 Å². The highest BCUT2D eigenvalue weighted by Crippen LogP contribution is 2.15. The first-order valence-electron chi connectivity index (χ1n) is 4.92. The highest BCUT2D eigenvalue weighted by Gasteiger charge is 2.08. The fourth-order valence-electron chi connectivity index (χ4n) is 1.32. The van der Waals surface area contributed by atoms with E-state index in [2.05, 4.69) is 17.4 Å². The second-order valence-electron chi connectivity index (χ2n) is 3.31. The zero-order valence-corrected chi connectivity index (χ0v) is 8.86. The Labute approximate surface area is 90.2 Å². The number of carbonyl (C=O) groups excluding carboxylic acids is 1. The first kappa shape index (κ1) is 11.5. The van der Waals surface area contributed by atoms with Crippen molar-refractivity contribution < 1.29 is 4.79 Å². The molecule has 0 bridgehead atoms. The van der Waals surface area contributed by atoms with Crippen LogP contribution >= 0.6 is 0 Å². The van der Waals surface area contributed by atoms with Crippen LogP contribution in [-0.4, -0.2) is 5.91 Å². The van der Waals surface area contributed by atoms with Gasteiger partial charge in [-0.25, -0.2) is 5.43 Å². The summed E-state index contributed by atoms with van der Waals surface area (Å²) in [5.74, 6) is -0.0972. The van der Waals surface area contributed by atoms with Gasteiger partial charge in [-0.05, 0) is 12.0 Å². The third kappa shape index (κ3) is 3.95. The molecule has 0 saturated heterocycles. The van der Waals surface area contributed by atoms with Gasteiger partial charge in [-0.15, -0.1) is 6.58 Å². The molecule has 0 radical (unpaired) electrons. The lowest BCUT2D eigenvalue weighted by Gasteiger charge is -2.17. The van der Waals surface area contributed by atoms with Gasteiger partial charge in [0, 0.05) is 6.92 Å². The molecule has 0 heterocycles. The number of benzene rings is 1. The summed E-state index contributed by atoms with van der Waals surface area (Å²) in [6.45, 7) is 5.18. The Morgan fingerprint density at radius 3 is 2.67 bits per heavy atom. The lowest BCUT2D eigenvalue weighted by Crippen LogP contribution is -2.38. The van der Waals surface area contributed by atoms with Crippen LogP contribution in [0.3, 0.4) is 0 Å². The number of amides is 1. The Kier molecular flexibility index (Phi) is 4.57. The Morgan fingerprint density at radius 2 is 2.13 bits per heavy atom. The smallest absolute Gasteiger partial charge is 0.230 e. The zero-order valence-electron chi connectivity index (χ0n) is 8.86. The summed E-state index contributed by atoms with van der Waals surface area (Å²) >= 11 is 0. The minimum Gasteiger partial charge on any atom is -0.291 e. The fourth-order valence-corrected chi connectivity index (χ4v) is 1.32. The molecule has 0 fully saturated rings. The SMILES string of the molecule is C=CCC(NNC(C)=O)c1ccccc1. The lowest BCUT2D eigenvalue weighted by atomic mass is 10.0. The Morgan fingerprint density at radius 1 is 1.47 bits per heavy atom. The normalized spacial score (nSPS) is 11.8. The second-order valence-corrected chi connectivity index (χ2v) is 3.31. The van der Waals surface area contributed by atoms with E-state index in [1.165, 1.54) is 6.92 Å². The molecule has 0 saturated carbocycles. The maximum absolute atomic E-state index is 10.8. The monoisotopic (exact) mass is 204 g/mol. The van der Waals surface area contributed by atoms with Gasteiger partial charge >= 0.3 is 0 Å². The minimum absolute atomic E-state index is 0.0765. The van der Waals surface area contributed by atoms with E-state index in [1.807, 2.05) is 36.4 Å². The number of carbonyl (C=O) groups is 1. The van der Waals surface area contributed by atoms with E-state index in [1.54, 1.807) is 0 Å². The standard InChI is InChI=1S/C12H16N2O/c1-3-7-12(14-13-10(2)15)11-8-5-4-6-9-11/h3-6,8-9,12,14H,1,7H2,2H3,(H,13,15). The molecular formula is C12H16N2O. The third-order valence-electron chi connectivity index (χ3n) is 2.03.